The van der Waals surface area contributed by atoms with Gasteiger partial charge in [0.1, 0.15) is 0 Å². The topological polar surface area (TPSA) is 24.5 Å². The molecule has 0 spiro atoms. The fourth-order valence-corrected chi connectivity index (χ4v) is 2.31. The van der Waals surface area contributed by atoms with Crippen LogP contribution in [0, 0.1) is 0 Å². The van der Waals surface area contributed by atoms with Gasteiger partial charge in [-0.15, -0.1) is 0 Å². The number of hydrogen-bond acceptors (Lipinski definition) is 3. The van der Waals surface area contributed by atoms with E-state index in [2.05, 4.69) is 31.0 Å². The highest BCUT2D eigenvalue weighted by atomic mass is 16.5. The van der Waals surface area contributed by atoms with Crippen molar-refractivity contribution < 1.29 is 4.74 Å². The summed E-state index contributed by atoms with van der Waals surface area (Å²) in [4.78, 5) is 2.61. The van der Waals surface area contributed by atoms with Gasteiger partial charge in [-0.05, 0) is 59.2 Å². The largest absolute Gasteiger partial charge is 0.379 e. The van der Waals surface area contributed by atoms with Crippen LogP contribution < -0.4 is 5.32 Å². The molecule has 1 heterocycles. The minimum atomic E-state index is 0.377. The van der Waals surface area contributed by atoms with E-state index in [0.29, 0.717) is 12.1 Å². The lowest BCUT2D eigenvalue weighted by molar-refractivity contribution is 0.0741. The Morgan fingerprint density at radius 3 is 2.88 bits per heavy atom. The molecule has 0 aromatic heterocycles. The number of hydrogen-bond donors (Lipinski definition) is 1. The Morgan fingerprint density at radius 2 is 2.18 bits per heavy atom. The lowest BCUT2D eigenvalue weighted by atomic mass is 10.2. The third-order valence-electron chi connectivity index (χ3n) is 3.38. The summed E-state index contributed by atoms with van der Waals surface area (Å²) in [5.74, 6) is 0. The van der Waals surface area contributed by atoms with Crippen LogP contribution in [0.4, 0.5) is 0 Å². The van der Waals surface area contributed by atoms with E-state index in [1.54, 1.807) is 0 Å². The second-order valence-corrected chi connectivity index (χ2v) is 5.34. The molecule has 3 nitrogen and oxygen atoms in total. The SMILES string of the molecule is CCC1CN(CCCCOC(C)C)CCCN1. The minimum Gasteiger partial charge on any atom is -0.379 e. The van der Waals surface area contributed by atoms with Crippen molar-refractivity contribution in [2.75, 3.05) is 32.8 Å². The first-order valence-corrected chi connectivity index (χ1v) is 7.29. The Labute approximate surface area is 107 Å². The van der Waals surface area contributed by atoms with Gasteiger partial charge in [0.25, 0.3) is 0 Å². The van der Waals surface area contributed by atoms with E-state index in [1.165, 1.54) is 51.9 Å². The molecule has 1 saturated heterocycles. The molecule has 0 saturated carbocycles. The molecule has 1 aliphatic rings. The fourth-order valence-electron chi connectivity index (χ4n) is 2.31. The first kappa shape index (κ1) is 14.9. The van der Waals surface area contributed by atoms with E-state index in [-0.39, 0.29) is 0 Å². The molecular weight excluding hydrogens is 212 g/mol. The number of ether oxygens (including phenoxy) is 1. The summed E-state index contributed by atoms with van der Waals surface area (Å²) in [7, 11) is 0. The second kappa shape index (κ2) is 8.90. The molecule has 1 fully saturated rings. The summed E-state index contributed by atoms with van der Waals surface area (Å²) in [5, 5.41) is 3.61. The van der Waals surface area contributed by atoms with Crippen LogP contribution in [0.1, 0.15) is 46.5 Å². The van der Waals surface area contributed by atoms with Gasteiger partial charge < -0.3 is 15.0 Å². The molecule has 1 rings (SSSR count). The second-order valence-electron chi connectivity index (χ2n) is 5.34. The molecule has 1 atom stereocenters. The summed E-state index contributed by atoms with van der Waals surface area (Å²) < 4.78 is 5.57. The molecule has 0 amide bonds. The maximum Gasteiger partial charge on any atom is 0.0518 e. The summed E-state index contributed by atoms with van der Waals surface area (Å²) in [6.45, 7) is 12.3. The van der Waals surface area contributed by atoms with E-state index >= 15 is 0 Å². The van der Waals surface area contributed by atoms with Crippen molar-refractivity contribution in [3.8, 4) is 0 Å². The zero-order valence-electron chi connectivity index (χ0n) is 11.9. The van der Waals surface area contributed by atoms with Gasteiger partial charge in [-0.2, -0.15) is 0 Å². The van der Waals surface area contributed by atoms with Crippen LogP contribution in [-0.2, 0) is 4.74 Å². The third kappa shape index (κ3) is 7.02. The average Bonchev–Trinajstić information content (AvgIpc) is 2.53. The summed E-state index contributed by atoms with van der Waals surface area (Å²) in [6.07, 6.45) is 5.37. The van der Waals surface area contributed by atoms with Crippen molar-refractivity contribution in [2.24, 2.45) is 0 Å². The summed E-state index contributed by atoms with van der Waals surface area (Å²) >= 11 is 0. The van der Waals surface area contributed by atoms with Crippen molar-refractivity contribution in [3.63, 3.8) is 0 Å². The van der Waals surface area contributed by atoms with Crippen LogP contribution in [0.2, 0.25) is 0 Å². The standard InChI is InChI=1S/C14H30N2O/c1-4-14-12-16(10-7-8-15-14)9-5-6-11-17-13(2)3/h13-15H,4-12H2,1-3H3. The van der Waals surface area contributed by atoms with Crippen molar-refractivity contribution in [3.05, 3.63) is 0 Å². The van der Waals surface area contributed by atoms with Crippen LogP contribution in [0.15, 0.2) is 0 Å². The molecule has 3 heteroatoms. The molecule has 0 radical (unpaired) electrons. The molecule has 0 bridgehead atoms. The summed E-state index contributed by atoms with van der Waals surface area (Å²) in [6, 6.07) is 0.699. The van der Waals surface area contributed by atoms with Gasteiger partial charge in [0.05, 0.1) is 6.10 Å². The Hall–Kier alpha value is -0.120. The van der Waals surface area contributed by atoms with Crippen LogP contribution >= 0.6 is 0 Å². The van der Waals surface area contributed by atoms with Crippen LogP contribution in [-0.4, -0.2) is 49.8 Å². The highest BCUT2D eigenvalue weighted by molar-refractivity contribution is 4.75. The van der Waals surface area contributed by atoms with Gasteiger partial charge >= 0.3 is 0 Å². The molecule has 0 aromatic rings. The van der Waals surface area contributed by atoms with Gasteiger partial charge in [-0.3, -0.25) is 0 Å². The lowest BCUT2D eigenvalue weighted by Gasteiger charge is -2.23. The Morgan fingerprint density at radius 1 is 1.35 bits per heavy atom. The molecule has 0 aliphatic carbocycles. The number of rotatable bonds is 7. The first-order chi connectivity index (χ1) is 8.22. The Balaban J connectivity index is 2.08. The molecule has 102 valence electrons. The predicted molar refractivity (Wildman–Crippen MR) is 73.5 cm³/mol. The molecule has 1 N–H and O–H groups in total. The van der Waals surface area contributed by atoms with Crippen molar-refractivity contribution in [1.29, 1.82) is 0 Å². The number of nitrogens with zero attached hydrogens (tertiary/aromatic N) is 1. The van der Waals surface area contributed by atoms with E-state index < -0.39 is 0 Å². The van der Waals surface area contributed by atoms with E-state index in [9.17, 15) is 0 Å². The fraction of sp³-hybridized carbons (Fsp3) is 1.00. The van der Waals surface area contributed by atoms with Crippen LogP contribution in [0.25, 0.3) is 0 Å². The van der Waals surface area contributed by atoms with Gasteiger partial charge in [0, 0.05) is 19.2 Å². The molecular formula is C14H30N2O. The van der Waals surface area contributed by atoms with E-state index in [0.717, 1.165) is 6.61 Å². The minimum absolute atomic E-state index is 0.377. The summed E-state index contributed by atoms with van der Waals surface area (Å²) in [5.41, 5.74) is 0. The molecule has 1 aliphatic heterocycles. The van der Waals surface area contributed by atoms with Crippen LogP contribution in [0.3, 0.4) is 0 Å². The smallest absolute Gasteiger partial charge is 0.0518 e. The zero-order chi connectivity index (χ0) is 12.5. The Bertz CT molecular complexity index is 185. The number of nitrogens with one attached hydrogen (secondary N) is 1. The van der Waals surface area contributed by atoms with Gasteiger partial charge in [-0.25, -0.2) is 0 Å². The van der Waals surface area contributed by atoms with Crippen LogP contribution in [0.5, 0.6) is 0 Å². The maximum absolute atomic E-state index is 5.57. The first-order valence-electron chi connectivity index (χ1n) is 7.29. The lowest BCUT2D eigenvalue weighted by Crippen LogP contribution is -2.37. The normalized spacial score (nSPS) is 22.9. The average molecular weight is 242 g/mol. The van der Waals surface area contributed by atoms with E-state index in [1.807, 2.05) is 0 Å². The Kier molecular flexibility index (Phi) is 7.82. The van der Waals surface area contributed by atoms with Gasteiger partial charge in [0.15, 0.2) is 0 Å². The van der Waals surface area contributed by atoms with Gasteiger partial charge in [-0.1, -0.05) is 6.92 Å². The highest BCUT2D eigenvalue weighted by Gasteiger charge is 2.15. The van der Waals surface area contributed by atoms with E-state index in [4.69, 9.17) is 4.74 Å². The zero-order valence-corrected chi connectivity index (χ0v) is 11.9. The third-order valence-corrected chi connectivity index (χ3v) is 3.38. The maximum atomic E-state index is 5.57. The number of unbranched alkanes of at least 4 members (excludes halogenated alkanes) is 1. The van der Waals surface area contributed by atoms with Crippen molar-refractivity contribution in [2.45, 2.75) is 58.6 Å². The molecule has 1 unspecified atom stereocenters. The molecule has 17 heavy (non-hydrogen) atoms. The quantitative estimate of drug-likeness (QED) is 0.693. The van der Waals surface area contributed by atoms with Crippen molar-refractivity contribution >= 4 is 0 Å². The monoisotopic (exact) mass is 242 g/mol. The van der Waals surface area contributed by atoms with Crippen molar-refractivity contribution in [1.82, 2.24) is 10.2 Å². The predicted octanol–water partition coefficient (Wildman–Crippen LogP) is 2.27. The highest BCUT2D eigenvalue weighted by Crippen LogP contribution is 2.05. The van der Waals surface area contributed by atoms with Gasteiger partial charge in [0.2, 0.25) is 0 Å². The molecule has 0 aromatic carbocycles.